The number of anilines is 2. The molecule has 5 heteroatoms. The molecule has 0 radical (unpaired) electrons. The molecular formula is C23H21NO4. The third kappa shape index (κ3) is 3.51. The highest BCUT2D eigenvalue weighted by Gasteiger charge is 2.22. The van der Waals surface area contributed by atoms with Crippen molar-refractivity contribution >= 4 is 17.3 Å². The van der Waals surface area contributed by atoms with Gasteiger partial charge in [-0.15, -0.1) is 0 Å². The summed E-state index contributed by atoms with van der Waals surface area (Å²) in [6, 6.07) is 18.8. The van der Waals surface area contributed by atoms with E-state index in [1.165, 1.54) is 0 Å². The van der Waals surface area contributed by atoms with Crippen LogP contribution in [-0.4, -0.2) is 17.7 Å². The number of nitrogens with one attached hydrogen (secondary N) is 1. The average Bonchev–Trinajstić information content (AvgIpc) is 2.71. The maximum absolute atomic E-state index is 11.4. The quantitative estimate of drug-likeness (QED) is 0.400. The highest BCUT2D eigenvalue weighted by atomic mass is 16.5. The number of aromatic carboxylic acids is 1. The highest BCUT2D eigenvalue weighted by molar-refractivity contribution is 5.98. The van der Waals surface area contributed by atoms with Crippen LogP contribution in [0.15, 0.2) is 60.7 Å². The minimum atomic E-state index is -0.993. The van der Waals surface area contributed by atoms with Crippen molar-refractivity contribution in [3.8, 4) is 28.4 Å². The molecule has 0 fully saturated rings. The van der Waals surface area contributed by atoms with Crippen molar-refractivity contribution in [3.05, 3.63) is 66.2 Å². The Bertz CT molecular complexity index is 1030. The first-order chi connectivity index (χ1) is 13.7. The predicted molar refractivity (Wildman–Crippen MR) is 109 cm³/mol. The molecule has 5 nitrogen and oxygen atoms in total. The summed E-state index contributed by atoms with van der Waals surface area (Å²) in [6.45, 7) is 2.85. The van der Waals surface area contributed by atoms with Crippen LogP contribution < -0.4 is 14.8 Å². The van der Waals surface area contributed by atoms with Gasteiger partial charge in [0.1, 0.15) is 5.75 Å². The monoisotopic (exact) mass is 375 g/mol. The standard InChI is InChI=1S/C23H21NO4/c1-2-3-12-27-17-7-4-6-15(13-17)16-10-11-19-21(14-16)28-20-9-5-8-18(23(25)26)22(20)24-19/h4-11,13-14,24H,2-3,12H2,1H3,(H,25,26). The van der Waals surface area contributed by atoms with Crippen molar-refractivity contribution in [3.63, 3.8) is 0 Å². The Morgan fingerprint density at radius 3 is 2.68 bits per heavy atom. The summed E-state index contributed by atoms with van der Waals surface area (Å²) < 4.78 is 11.8. The number of carbonyl (C=O) groups is 1. The van der Waals surface area contributed by atoms with Crippen LogP contribution in [0.3, 0.4) is 0 Å². The predicted octanol–water partition coefficient (Wildman–Crippen LogP) is 6.08. The maximum atomic E-state index is 11.4. The molecule has 0 aliphatic carbocycles. The first-order valence-electron chi connectivity index (χ1n) is 9.34. The second-order valence-electron chi connectivity index (χ2n) is 6.65. The van der Waals surface area contributed by atoms with Crippen molar-refractivity contribution in [2.75, 3.05) is 11.9 Å². The van der Waals surface area contributed by atoms with E-state index >= 15 is 0 Å². The van der Waals surface area contributed by atoms with E-state index in [1.54, 1.807) is 18.2 Å². The van der Waals surface area contributed by atoms with Gasteiger partial charge in [-0.3, -0.25) is 0 Å². The van der Waals surface area contributed by atoms with Gasteiger partial charge >= 0.3 is 5.97 Å². The van der Waals surface area contributed by atoms with E-state index in [9.17, 15) is 9.90 Å². The molecule has 0 bridgehead atoms. The summed E-state index contributed by atoms with van der Waals surface area (Å²) in [5.41, 5.74) is 3.43. The number of unbranched alkanes of at least 4 members (excludes halogenated alkanes) is 1. The first-order valence-corrected chi connectivity index (χ1v) is 9.34. The van der Waals surface area contributed by atoms with Gasteiger partial charge in [-0.2, -0.15) is 0 Å². The Labute approximate surface area is 163 Å². The lowest BCUT2D eigenvalue weighted by atomic mass is 10.0. The Balaban J connectivity index is 1.62. The number of rotatable bonds is 6. The largest absolute Gasteiger partial charge is 0.494 e. The molecule has 2 N–H and O–H groups in total. The molecule has 0 atom stereocenters. The SMILES string of the molecule is CCCCOc1cccc(-c2ccc3c(c2)Oc2cccc(C(=O)O)c2N3)c1. The lowest BCUT2D eigenvalue weighted by Gasteiger charge is -2.23. The van der Waals surface area contributed by atoms with Crippen LogP contribution in [0, 0.1) is 0 Å². The molecule has 28 heavy (non-hydrogen) atoms. The van der Waals surface area contributed by atoms with E-state index in [0.717, 1.165) is 35.4 Å². The third-order valence-electron chi connectivity index (χ3n) is 4.65. The summed E-state index contributed by atoms with van der Waals surface area (Å²) in [4.78, 5) is 11.4. The molecule has 0 saturated heterocycles. The van der Waals surface area contributed by atoms with Gasteiger partial charge in [0.15, 0.2) is 11.5 Å². The van der Waals surface area contributed by atoms with E-state index < -0.39 is 5.97 Å². The van der Waals surface area contributed by atoms with Gasteiger partial charge in [0.25, 0.3) is 0 Å². The first kappa shape index (κ1) is 17.9. The number of para-hydroxylation sites is 1. The fraction of sp³-hybridized carbons (Fsp3) is 0.174. The number of hydrogen-bond donors (Lipinski definition) is 2. The van der Waals surface area contributed by atoms with Crippen molar-refractivity contribution in [2.45, 2.75) is 19.8 Å². The molecule has 0 saturated carbocycles. The Morgan fingerprint density at radius 2 is 1.86 bits per heavy atom. The number of hydrogen-bond acceptors (Lipinski definition) is 4. The number of benzene rings is 3. The number of ether oxygens (including phenoxy) is 2. The Morgan fingerprint density at radius 1 is 1.04 bits per heavy atom. The van der Waals surface area contributed by atoms with Gasteiger partial charge in [-0.25, -0.2) is 4.79 Å². The molecule has 0 spiro atoms. The van der Waals surface area contributed by atoms with Gasteiger partial charge in [-0.1, -0.05) is 37.6 Å². The van der Waals surface area contributed by atoms with Crippen molar-refractivity contribution in [1.29, 1.82) is 0 Å². The molecule has 142 valence electrons. The van der Waals surface area contributed by atoms with E-state index in [2.05, 4.69) is 12.2 Å². The fourth-order valence-electron chi connectivity index (χ4n) is 3.17. The molecule has 1 aliphatic rings. The normalized spacial score (nSPS) is 11.6. The third-order valence-corrected chi connectivity index (χ3v) is 4.65. The zero-order chi connectivity index (χ0) is 19.5. The Kier molecular flexibility index (Phi) is 4.89. The summed E-state index contributed by atoms with van der Waals surface area (Å²) in [6.07, 6.45) is 2.13. The van der Waals surface area contributed by atoms with Gasteiger partial charge in [-0.05, 0) is 53.9 Å². The molecule has 1 heterocycles. The van der Waals surface area contributed by atoms with Crippen LogP contribution in [0.5, 0.6) is 17.2 Å². The number of carboxylic acid groups (broad SMARTS) is 1. The van der Waals surface area contributed by atoms with Crippen molar-refractivity contribution in [1.82, 2.24) is 0 Å². The lowest BCUT2D eigenvalue weighted by molar-refractivity contribution is 0.0697. The van der Waals surface area contributed by atoms with E-state index in [0.29, 0.717) is 23.8 Å². The molecule has 4 rings (SSSR count). The van der Waals surface area contributed by atoms with Gasteiger partial charge < -0.3 is 19.9 Å². The van der Waals surface area contributed by atoms with Crippen LogP contribution in [0.25, 0.3) is 11.1 Å². The van der Waals surface area contributed by atoms with Gasteiger partial charge in [0, 0.05) is 0 Å². The van der Waals surface area contributed by atoms with E-state index in [-0.39, 0.29) is 5.56 Å². The van der Waals surface area contributed by atoms with Crippen molar-refractivity contribution in [2.24, 2.45) is 0 Å². The van der Waals surface area contributed by atoms with Crippen LogP contribution in [0.1, 0.15) is 30.1 Å². The fourth-order valence-corrected chi connectivity index (χ4v) is 3.17. The van der Waals surface area contributed by atoms with Crippen molar-refractivity contribution < 1.29 is 19.4 Å². The molecule has 3 aromatic carbocycles. The summed E-state index contributed by atoms with van der Waals surface area (Å²) in [5, 5.41) is 12.6. The molecule has 3 aromatic rings. The zero-order valence-electron chi connectivity index (χ0n) is 15.6. The summed E-state index contributed by atoms with van der Waals surface area (Å²) in [7, 11) is 0. The van der Waals surface area contributed by atoms with Gasteiger partial charge in [0.2, 0.25) is 0 Å². The minimum Gasteiger partial charge on any atom is -0.494 e. The zero-order valence-corrected chi connectivity index (χ0v) is 15.6. The lowest BCUT2D eigenvalue weighted by Crippen LogP contribution is -2.08. The second kappa shape index (κ2) is 7.64. The second-order valence-corrected chi connectivity index (χ2v) is 6.65. The smallest absolute Gasteiger partial charge is 0.337 e. The molecule has 1 aliphatic heterocycles. The minimum absolute atomic E-state index is 0.184. The van der Waals surface area contributed by atoms with Crippen LogP contribution >= 0.6 is 0 Å². The molecule has 0 unspecified atom stereocenters. The number of fused-ring (bicyclic) bond motifs is 2. The topological polar surface area (TPSA) is 67.8 Å². The molecular weight excluding hydrogens is 354 g/mol. The Hall–Kier alpha value is -3.47. The maximum Gasteiger partial charge on any atom is 0.337 e. The summed E-state index contributed by atoms with van der Waals surface area (Å²) in [5.74, 6) is 1.01. The summed E-state index contributed by atoms with van der Waals surface area (Å²) >= 11 is 0. The van der Waals surface area contributed by atoms with Crippen LogP contribution in [0.4, 0.5) is 11.4 Å². The molecule has 0 aromatic heterocycles. The molecule has 0 amide bonds. The van der Waals surface area contributed by atoms with Crippen LogP contribution in [-0.2, 0) is 0 Å². The van der Waals surface area contributed by atoms with E-state index in [4.69, 9.17) is 9.47 Å². The number of carboxylic acids is 1. The van der Waals surface area contributed by atoms with E-state index in [1.807, 2.05) is 42.5 Å². The van der Waals surface area contributed by atoms with Gasteiger partial charge in [0.05, 0.1) is 23.5 Å². The highest BCUT2D eigenvalue weighted by Crippen LogP contribution is 2.45. The van der Waals surface area contributed by atoms with Crippen LogP contribution in [0.2, 0.25) is 0 Å². The average molecular weight is 375 g/mol.